The van der Waals surface area contributed by atoms with E-state index in [0.717, 1.165) is 25.7 Å². The molecule has 0 aromatic rings. The number of rotatable bonds is 9. The molecule has 1 unspecified atom stereocenters. The molecule has 192 valence electrons. The van der Waals surface area contributed by atoms with Crippen LogP contribution in [0.1, 0.15) is 59.8 Å². The van der Waals surface area contributed by atoms with Crippen molar-refractivity contribution in [2.75, 3.05) is 13.2 Å². The zero-order valence-electron chi connectivity index (χ0n) is 20.9. The van der Waals surface area contributed by atoms with Crippen LogP contribution in [0.25, 0.3) is 0 Å². The number of fused-ring (bicyclic) bond motifs is 1. The van der Waals surface area contributed by atoms with Gasteiger partial charge in [0.05, 0.1) is 24.8 Å². The highest BCUT2D eigenvalue weighted by atomic mass is 19.1. The Morgan fingerprint density at radius 2 is 1.97 bits per heavy atom. The molecule has 0 spiro atoms. The number of piperidine rings is 1. The molecule has 2 aliphatic heterocycles. The maximum absolute atomic E-state index is 14.1. The fourth-order valence-electron chi connectivity index (χ4n) is 4.30. The Morgan fingerprint density at radius 1 is 1.20 bits per heavy atom. The second-order valence-corrected chi connectivity index (χ2v) is 9.57. The normalized spacial score (nSPS) is 23.0. The Balaban J connectivity index is 1.69. The molecular formula is C25H36FN5O4. The molecule has 3 amide bonds. The first-order chi connectivity index (χ1) is 16.7. The van der Waals surface area contributed by atoms with E-state index in [1.807, 2.05) is 25.7 Å². The minimum atomic E-state index is -1.35. The summed E-state index contributed by atoms with van der Waals surface area (Å²) in [5.41, 5.74) is 0.635. The lowest BCUT2D eigenvalue weighted by Crippen LogP contribution is -2.53. The van der Waals surface area contributed by atoms with E-state index in [9.17, 15) is 18.8 Å². The molecule has 9 nitrogen and oxygen atoms in total. The number of alkyl halides is 1. The molecule has 1 fully saturated rings. The fraction of sp³-hybridized carbons (Fsp3) is 0.640. The molecule has 2 N–H and O–H groups in total. The summed E-state index contributed by atoms with van der Waals surface area (Å²) in [6.07, 6.45) is 6.07. The first kappa shape index (κ1) is 26.6. The van der Waals surface area contributed by atoms with Crippen LogP contribution in [0.2, 0.25) is 0 Å². The molecular weight excluding hydrogens is 453 g/mol. The van der Waals surface area contributed by atoms with Crippen molar-refractivity contribution in [2.24, 2.45) is 15.9 Å². The summed E-state index contributed by atoms with van der Waals surface area (Å²) in [5, 5.41) is 5.31. The third-order valence-corrected chi connectivity index (χ3v) is 6.23. The molecule has 1 saturated heterocycles. The molecule has 0 bridgehead atoms. The first-order valence-corrected chi connectivity index (χ1v) is 12.4. The van der Waals surface area contributed by atoms with Crippen LogP contribution in [-0.4, -0.2) is 71.8 Å². The molecule has 0 aromatic heterocycles. The summed E-state index contributed by atoms with van der Waals surface area (Å²) < 4.78 is 19.3. The van der Waals surface area contributed by atoms with Crippen LogP contribution in [0.5, 0.6) is 0 Å². The Hall–Kier alpha value is -3.04. The summed E-state index contributed by atoms with van der Waals surface area (Å²) >= 11 is 0. The smallest absolute Gasteiger partial charge is 0.407 e. The summed E-state index contributed by atoms with van der Waals surface area (Å²) in [7, 11) is 0. The van der Waals surface area contributed by atoms with E-state index in [-0.39, 0.29) is 42.4 Å². The van der Waals surface area contributed by atoms with Crippen LogP contribution >= 0.6 is 0 Å². The number of likely N-dealkylation sites (tertiary alicyclic amines) is 1. The first-order valence-electron chi connectivity index (χ1n) is 12.4. The van der Waals surface area contributed by atoms with Gasteiger partial charge in [0.15, 0.2) is 12.0 Å². The average molecular weight is 490 g/mol. The van der Waals surface area contributed by atoms with Crippen molar-refractivity contribution in [3.8, 4) is 0 Å². The summed E-state index contributed by atoms with van der Waals surface area (Å²) in [4.78, 5) is 49.0. The van der Waals surface area contributed by atoms with Gasteiger partial charge in [-0.1, -0.05) is 26.8 Å². The number of nitrogens with one attached hydrogen (secondary N) is 2. The van der Waals surface area contributed by atoms with Crippen LogP contribution in [0.3, 0.4) is 0 Å². The van der Waals surface area contributed by atoms with Crippen molar-refractivity contribution in [3.63, 3.8) is 0 Å². The largest absolute Gasteiger partial charge is 0.449 e. The maximum atomic E-state index is 14.1. The average Bonchev–Trinajstić information content (AvgIpc) is 3.28. The van der Waals surface area contributed by atoms with E-state index in [1.54, 1.807) is 19.1 Å². The number of amides is 3. The third kappa shape index (κ3) is 6.99. The third-order valence-electron chi connectivity index (χ3n) is 6.23. The van der Waals surface area contributed by atoms with Crippen LogP contribution in [0.15, 0.2) is 33.9 Å². The second kappa shape index (κ2) is 12.1. The van der Waals surface area contributed by atoms with Crippen molar-refractivity contribution in [1.82, 2.24) is 15.5 Å². The number of alkyl carbamates (subject to hydrolysis) is 1. The number of hydrogen-bond donors (Lipinski definition) is 2. The molecule has 0 saturated carbocycles. The SMILES string of the molecule is CC[C@H]1CCCCN1C(=O)C[C@H](NC(=O)OCC(C)C)C(=O)N[C@@H](C)C1=NC2=CC=CC(F)C2=N1. The van der Waals surface area contributed by atoms with Gasteiger partial charge in [0, 0.05) is 12.6 Å². The Labute approximate surface area is 206 Å². The van der Waals surface area contributed by atoms with Gasteiger partial charge in [0.1, 0.15) is 11.8 Å². The van der Waals surface area contributed by atoms with Gasteiger partial charge >= 0.3 is 6.09 Å². The number of ether oxygens (including phenoxy) is 1. The van der Waals surface area contributed by atoms with Crippen LogP contribution in [0, 0.1) is 5.92 Å². The number of nitrogens with zero attached hydrogens (tertiary/aromatic N) is 3. The molecule has 3 rings (SSSR count). The van der Waals surface area contributed by atoms with E-state index in [1.165, 1.54) is 6.08 Å². The molecule has 1 aliphatic carbocycles. The number of halogens is 1. The monoisotopic (exact) mass is 489 g/mol. The van der Waals surface area contributed by atoms with E-state index in [4.69, 9.17) is 4.74 Å². The lowest BCUT2D eigenvalue weighted by Gasteiger charge is -2.36. The number of carbonyl (C=O) groups is 3. The topological polar surface area (TPSA) is 112 Å². The number of amidine groups is 1. The van der Waals surface area contributed by atoms with Crippen LogP contribution in [-0.2, 0) is 14.3 Å². The number of allylic oxidation sites excluding steroid dienone is 4. The lowest BCUT2D eigenvalue weighted by molar-refractivity contribution is -0.138. The van der Waals surface area contributed by atoms with E-state index < -0.39 is 30.3 Å². The Morgan fingerprint density at radius 3 is 2.66 bits per heavy atom. The molecule has 35 heavy (non-hydrogen) atoms. The summed E-state index contributed by atoms with van der Waals surface area (Å²) in [6.45, 7) is 8.35. The Kier molecular flexibility index (Phi) is 9.17. The van der Waals surface area contributed by atoms with Crippen molar-refractivity contribution < 1.29 is 23.5 Å². The van der Waals surface area contributed by atoms with Crippen molar-refractivity contribution in [1.29, 1.82) is 0 Å². The molecule has 2 heterocycles. The molecule has 3 aliphatic rings. The predicted molar refractivity (Wildman–Crippen MR) is 132 cm³/mol. The van der Waals surface area contributed by atoms with Crippen molar-refractivity contribution in [3.05, 3.63) is 23.9 Å². The van der Waals surface area contributed by atoms with Gasteiger partial charge in [-0.15, -0.1) is 0 Å². The highest BCUT2D eigenvalue weighted by molar-refractivity contribution is 6.17. The van der Waals surface area contributed by atoms with Crippen LogP contribution in [0.4, 0.5) is 9.18 Å². The fourth-order valence-corrected chi connectivity index (χ4v) is 4.30. The van der Waals surface area contributed by atoms with Gasteiger partial charge in [-0.25, -0.2) is 19.2 Å². The number of aliphatic imine (C=N–C) groups is 2. The molecule has 10 heteroatoms. The minimum absolute atomic E-state index is 0.125. The molecule has 0 radical (unpaired) electrons. The summed E-state index contributed by atoms with van der Waals surface area (Å²) in [5.74, 6) is -0.353. The molecule has 0 aromatic carbocycles. The number of carbonyl (C=O) groups excluding carboxylic acids is 3. The van der Waals surface area contributed by atoms with Crippen LogP contribution < -0.4 is 10.6 Å². The predicted octanol–water partition coefficient (Wildman–Crippen LogP) is 3.07. The van der Waals surface area contributed by atoms with Gasteiger partial charge in [-0.3, -0.25) is 9.59 Å². The lowest BCUT2D eigenvalue weighted by atomic mass is 9.99. The number of hydrogen-bond acceptors (Lipinski definition) is 6. The van der Waals surface area contributed by atoms with Gasteiger partial charge in [-0.05, 0) is 50.7 Å². The minimum Gasteiger partial charge on any atom is -0.449 e. The highest BCUT2D eigenvalue weighted by Crippen LogP contribution is 2.22. The van der Waals surface area contributed by atoms with Crippen molar-refractivity contribution >= 4 is 29.5 Å². The van der Waals surface area contributed by atoms with Crippen molar-refractivity contribution in [2.45, 2.75) is 84.1 Å². The van der Waals surface area contributed by atoms with Gasteiger partial charge < -0.3 is 20.3 Å². The van der Waals surface area contributed by atoms with Gasteiger partial charge in [0.25, 0.3) is 0 Å². The molecule has 4 atom stereocenters. The highest BCUT2D eigenvalue weighted by Gasteiger charge is 2.33. The van der Waals surface area contributed by atoms with Gasteiger partial charge in [0.2, 0.25) is 11.8 Å². The van der Waals surface area contributed by atoms with E-state index in [0.29, 0.717) is 12.2 Å². The summed E-state index contributed by atoms with van der Waals surface area (Å²) in [6, 6.07) is -1.65. The second-order valence-electron chi connectivity index (χ2n) is 9.57. The Bertz CT molecular complexity index is 942. The zero-order valence-corrected chi connectivity index (χ0v) is 20.9. The maximum Gasteiger partial charge on any atom is 0.407 e. The standard InChI is InChI=1S/C25H36FN5O4/c1-5-17-9-6-7-12-31(17)21(32)13-20(29-25(34)35-14-15(2)3)24(33)27-16(4)23-28-19-11-8-10-18(26)22(19)30-23/h8,10-11,15-18,20H,5-7,9,12-14H2,1-4H3,(H,27,33)(H,29,34)/t16-,17-,18?,20-/m0/s1. The van der Waals surface area contributed by atoms with Gasteiger partial charge in [-0.2, -0.15) is 0 Å². The quantitative estimate of drug-likeness (QED) is 0.518. The van der Waals surface area contributed by atoms with E-state index in [2.05, 4.69) is 20.6 Å². The zero-order chi connectivity index (χ0) is 25.5. The van der Waals surface area contributed by atoms with E-state index >= 15 is 0 Å².